The first-order valence-corrected chi connectivity index (χ1v) is 9.83. The standard InChI is InChI=1S/C24H23N3O6/c1-15-8-9-17(14-25-15)23(28)27-26-13-16-6-5-7-19(10-16)33-24(29)18-11-20(30-2)22(32-4)21(12-18)31-3/h5-14H,1-4H3,(H,27,28)/b26-13+. The van der Waals surface area contributed by atoms with Crippen LogP contribution in [0.1, 0.15) is 32.0 Å². The lowest BCUT2D eigenvalue weighted by Crippen LogP contribution is -2.17. The molecule has 0 bridgehead atoms. The summed E-state index contributed by atoms with van der Waals surface area (Å²) in [6.07, 6.45) is 2.92. The van der Waals surface area contributed by atoms with Crippen LogP contribution < -0.4 is 24.4 Å². The topological polar surface area (TPSA) is 108 Å². The first kappa shape index (κ1) is 23.3. The van der Waals surface area contributed by atoms with Gasteiger partial charge in [-0.1, -0.05) is 12.1 Å². The van der Waals surface area contributed by atoms with Crippen LogP contribution in [0.4, 0.5) is 0 Å². The number of carbonyl (C=O) groups is 2. The Morgan fingerprint density at radius 2 is 1.67 bits per heavy atom. The van der Waals surface area contributed by atoms with Gasteiger partial charge in [0.05, 0.1) is 38.7 Å². The van der Waals surface area contributed by atoms with E-state index in [-0.39, 0.29) is 11.5 Å². The van der Waals surface area contributed by atoms with Gasteiger partial charge in [0.2, 0.25) is 5.75 Å². The average molecular weight is 449 g/mol. The van der Waals surface area contributed by atoms with Gasteiger partial charge in [0, 0.05) is 11.9 Å². The third kappa shape index (κ3) is 5.85. The number of rotatable bonds is 8. The molecule has 1 amide bonds. The summed E-state index contributed by atoms with van der Waals surface area (Å²) in [5, 5.41) is 3.94. The maximum Gasteiger partial charge on any atom is 0.343 e. The van der Waals surface area contributed by atoms with Gasteiger partial charge in [0.15, 0.2) is 11.5 Å². The number of aryl methyl sites for hydroxylation is 1. The van der Waals surface area contributed by atoms with Gasteiger partial charge in [-0.3, -0.25) is 9.78 Å². The minimum absolute atomic E-state index is 0.225. The van der Waals surface area contributed by atoms with E-state index < -0.39 is 5.97 Å². The molecule has 3 aromatic rings. The van der Waals surface area contributed by atoms with Crippen LogP contribution >= 0.6 is 0 Å². The SMILES string of the molecule is COc1cc(C(=O)Oc2cccc(/C=N/NC(=O)c3ccc(C)nc3)c2)cc(OC)c1OC. The molecule has 1 aromatic heterocycles. The maximum absolute atomic E-state index is 12.7. The molecule has 1 heterocycles. The summed E-state index contributed by atoms with van der Waals surface area (Å²) < 4.78 is 21.3. The molecular formula is C24H23N3O6. The average Bonchev–Trinajstić information content (AvgIpc) is 2.83. The number of aromatic nitrogens is 1. The molecule has 0 aliphatic carbocycles. The highest BCUT2D eigenvalue weighted by Crippen LogP contribution is 2.38. The molecule has 0 spiro atoms. The number of nitrogens with one attached hydrogen (secondary N) is 1. The molecule has 0 radical (unpaired) electrons. The number of hydrazone groups is 1. The Kier molecular flexibility index (Phi) is 7.59. The van der Waals surface area contributed by atoms with Crippen molar-refractivity contribution in [3.8, 4) is 23.0 Å². The predicted molar refractivity (Wildman–Crippen MR) is 122 cm³/mol. The Bertz CT molecular complexity index is 1150. The quantitative estimate of drug-likeness (QED) is 0.243. The third-order valence-electron chi connectivity index (χ3n) is 4.52. The van der Waals surface area contributed by atoms with Gasteiger partial charge in [0.25, 0.3) is 5.91 Å². The summed E-state index contributed by atoms with van der Waals surface area (Å²) in [7, 11) is 4.40. The molecule has 2 aromatic carbocycles. The van der Waals surface area contributed by atoms with Crippen molar-refractivity contribution in [3.63, 3.8) is 0 Å². The summed E-state index contributed by atoms with van der Waals surface area (Å²) in [6.45, 7) is 1.83. The molecule has 33 heavy (non-hydrogen) atoms. The molecule has 3 rings (SSSR count). The fourth-order valence-corrected chi connectivity index (χ4v) is 2.86. The number of esters is 1. The summed E-state index contributed by atoms with van der Waals surface area (Å²) in [4.78, 5) is 28.9. The first-order valence-electron chi connectivity index (χ1n) is 9.83. The Morgan fingerprint density at radius 1 is 0.939 bits per heavy atom. The molecule has 170 valence electrons. The zero-order valence-corrected chi connectivity index (χ0v) is 18.6. The van der Waals surface area contributed by atoms with Crippen molar-refractivity contribution in [2.24, 2.45) is 5.10 Å². The van der Waals surface area contributed by atoms with Crippen molar-refractivity contribution < 1.29 is 28.5 Å². The van der Waals surface area contributed by atoms with Crippen LogP contribution in [0.15, 0.2) is 59.8 Å². The zero-order chi connectivity index (χ0) is 23.8. The number of methoxy groups -OCH3 is 3. The Balaban J connectivity index is 1.69. The van der Waals surface area contributed by atoms with E-state index in [4.69, 9.17) is 18.9 Å². The molecule has 0 unspecified atom stereocenters. The summed E-state index contributed by atoms with van der Waals surface area (Å²) >= 11 is 0. The number of benzene rings is 2. The van der Waals surface area contributed by atoms with E-state index in [1.165, 1.54) is 45.9 Å². The van der Waals surface area contributed by atoms with Gasteiger partial charge in [-0.05, 0) is 48.9 Å². The van der Waals surface area contributed by atoms with Crippen molar-refractivity contribution in [2.75, 3.05) is 21.3 Å². The second-order valence-electron chi connectivity index (χ2n) is 6.76. The molecule has 0 fully saturated rings. The number of nitrogens with zero attached hydrogens (tertiary/aromatic N) is 2. The summed E-state index contributed by atoms with van der Waals surface area (Å²) in [5.74, 6) is 0.352. The predicted octanol–water partition coefficient (Wildman–Crippen LogP) is 3.40. The Morgan fingerprint density at radius 3 is 2.27 bits per heavy atom. The fraction of sp³-hybridized carbons (Fsp3) is 0.167. The lowest BCUT2D eigenvalue weighted by atomic mass is 10.1. The van der Waals surface area contributed by atoms with Gasteiger partial charge in [0.1, 0.15) is 5.75 Å². The van der Waals surface area contributed by atoms with E-state index in [1.54, 1.807) is 36.4 Å². The Hall–Kier alpha value is -4.40. The molecule has 0 aliphatic rings. The fourth-order valence-electron chi connectivity index (χ4n) is 2.86. The summed E-state index contributed by atoms with van der Waals surface area (Å²) in [5.41, 5.74) is 4.48. The number of amides is 1. The highest BCUT2D eigenvalue weighted by Gasteiger charge is 2.18. The van der Waals surface area contributed by atoms with Crippen molar-refractivity contribution >= 4 is 18.1 Å². The first-order chi connectivity index (χ1) is 15.9. The van der Waals surface area contributed by atoms with Crippen LogP contribution in [-0.4, -0.2) is 44.4 Å². The lowest BCUT2D eigenvalue weighted by Gasteiger charge is -2.13. The lowest BCUT2D eigenvalue weighted by molar-refractivity contribution is 0.0733. The van der Waals surface area contributed by atoms with Crippen molar-refractivity contribution in [1.29, 1.82) is 0 Å². The molecule has 0 aliphatic heterocycles. The molecule has 1 N–H and O–H groups in total. The molecule has 0 atom stereocenters. The molecule has 9 nitrogen and oxygen atoms in total. The van der Waals surface area contributed by atoms with Gasteiger partial charge in [-0.25, -0.2) is 10.2 Å². The number of hydrogen-bond donors (Lipinski definition) is 1. The normalized spacial score (nSPS) is 10.5. The smallest absolute Gasteiger partial charge is 0.343 e. The highest BCUT2D eigenvalue weighted by atomic mass is 16.5. The second-order valence-corrected chi connectivity index (χ2v) is 6.76. The van der Waals surface area contributed by atoms with Gasteiger partial charge in [-0.15, -0.1) is 0 Å². The molecule has 0 saturated carbocycles. The molecular weight excluding hydrogens is 426 g/mol. The minimum Gasteiger partial charge on any atom is -0.493 e. The number of ether oxygens (including phenoxy) is 4. The maximum atomic E-state index is 12.7. The Labute approximate surface area is 191 Å². The number of pyridine rings is 1. The highest BCUT2D eigenvalue weighted by molar-refractivity contribution is 5.95. The largest absolute Gasteiger partial charge is 0.493 e. The van der Waals surface area contributed by atoms with Crippen LogP contribution in [0, 0.1) is 6.92 Å². The molecule has 0 saturated heterocycles. The number of hydrogen-bond acceptors (Lipinski definition) is 8. The van der Waals surface area contributed by atoms with E-state index in [0.717, 1.165) is 5.69 Å². The van der Waals surface area contributed by atoms with Crippen LogP contribution in [-0.2, 0) is 0 Å². The van der Waals surface area contributed by atoms with Crippen LogP contribution in [0.25, 0.3) is 0 Å². The third-order valence-corrected chi connectivity index (χ3v) is 4.52. The minimum atomic E-state index is -0.608. The van der Waals surface area contributed by atoms with Crippen LogP contribution in [0.2, 0.25) is 0 Å². The molecule has 9 heteroatoms. The zero-order valence-electron chi connectivity index (χ0n) is 18.6. The van der Waals surface area contributed by atoms with Crippen molar-refractivity contribution in [3.05, 3.63) is 77.1 Å². The van der Waals surface area contributed by atoms with E-state index >= 15 is 0 Å². The van der Waals surface area contributed by atoms with Crippen molar-refractivity contribution in [2.45, 2.75) is 6.92 Å². The van der Waals surface area contributed by atoms with Gasteiger partial charge >= 0.3 is 5.97 Å². The monoisotopic (exact) mass is 449 g/mol. The number of carbonyl (C=O) groups excluding carboxylic acids is 2. The van der Waals surface area contributed by atoms with E-state index in [0.29, 0.717) is 34.1 Å². The van der Waals surface area contributed by atoms with E-state index in [1.807, 2.05) is 6.92 Å². The summed E-state index contributed by atoms with van der Waals surface area (Å²) in [6, 6.07) is 13.1. The van der Waals surface area contributed by atoms with E-state index in [2.05, 4.69) is 15.5 Å². The van der Waals surface area contributed by atoms with Gasteiger partial charge in [-0.2, -0.15) is 5.10 Å². The van der Waals surface area contributed by atoms with E-state index in [9.17, 15) is 9.59 Å². The van der Waals surface area contributed by atoms with Crippen LogP contribution in [0.5, 0.6) is 23.0 Å². The van der Waals surface area contributed by atoms with Gasteiger partial charge < -0.3 is 18.9 Å². The second kappa shape index (κ2) is 10.8. The van der Waals surface area contributed by atoms with Crippen LogP contribution in [0.3, 0.4) is 0 Å². The van der Waals surface area contributed by atoms with Crippen molar-refractivity contribution in [1.82, 2.24) is 10.4 Å².